The molecule has 2 heterocycles. The van der Waals surface area contributed by atoms with Gasteiger partial charge >= 0.3 is 0 Å². The molecule has 1 aliphatic heterocycles. The van der Waals surface area contributed by atoms with E-state index in [4.69, 9.17) is 16.2 Å². The molecule has 0 aliphatic carbocycles. The van der Waals surface area contributed by atoms with E-state index in [1.54, 1.807) is 12.3 Å². The second-order valence-corrected chi connectivity index (χ2v) is 3.71. The third-order valence-corrected chi connectivity index (χ3v) is 2.43. The highest BCUT2D eigenvalue weighted by Gasteiger charge is 2.30. The van der Waals surface area contributed by atoms with E-state index < -0.39 is 18.1 Å². The van der Waals surface area contributed by atoms with Crippen LogP contribution in [0.3, 0.4) is 0 Å². The number of amides is 2. The highest BCUT2D eigenvalue weighted by Crippen LogP contribution is 2.28. The van der Waals surface area contributed by atoms with Gasteiger partial charge in [0.25, 0.3) is 5.91 Å². The van der Waals surface area contributed by atoms with Crippen LogP contribution in [0.4, 0.5) is 5.69 Å². The van der Waals surface area contributed by atoms with Crippen molar-refractivity contribution in [2.24, 2.45) is 11.5 Å². The molecule has 2 atom stereocenters. The minimum atomic E-state index is -0.908. The first kappa shape index (κ1) is 11.3. The van der Waals surface area contributed by atoms with Crippen LogP contribution in [-0.4, -0.2) is 28.9 Å². The van der Waals surface area contributed by atoms with Crippen LogP contribution in [0.15, 0.2) is 18.5 Å². The first-order valence-electron chi connectivity index (χ1n) is 5.04. The second kappa shape index (κ2) is 4.38. The van der Waals surface area contributed by atoms with E-state index in [2.05, 4.69) is 10.3 Å². The van der Waals surface area contributed by atoms with Crippen LogP contribution >= 0.6 is 0 Å². The van der Waals surface area contributed by atoms with Crippen molar-refractivity contribution in [2.45, 2.75) is 18.6 Å². The highest BCUT2D eigenvalue weighted by molar-refractivity contribution is 5.98. The van der Waals surface area contributed by atoms with Gasteiger partial charge in [0.2, 0.25) is 5.91 Å². The lowest BCUT2D eigenvalue weighted by Crippen LogP contribution is -2.45. The molecule has 2 rings (SSSR count). The zero-order valence-corrected chi connectivity index (χ0v) is 8.92. The standard InChI is InChI=1S/C10H12N4O3/c11-5(9(12)15)3-8-10(16)14-6-4-13-2-1-7(6)17-8/h1-2,4-5,8H,3,11H2,(H2,12,15)(H,14,16)/t5?,8-/m1/s1. The quantitative estimate of drug-likeness (QED) is 0.620. The Hall–Kier alpha value is -2.15. The fourth-order valence-corrected chi connectivity index (χ4v) is 1.50. The van der Waals surface area contributed by atoms with E-state index in [-0.39, 0.29) is 12.3 Å². The van der Waals surface area contributed by atoms with Crippen molar-refractivity contribution < 1.29 is 14.3 Å². The Morgan fingerprint density at radius 2 is 2.41 bits per heavy atom. The van der Waals surface area contributed by atoms with E-state index in [0.717, 1.165) is 0 Å². The molecule has 1 aliphatic rings. The van der Waals surface area contributed by atoms with Crippen molar-refractivity contribution >= 4 is 17.5 Å². The molecule has 0 spiro atoms. The number of pyridine rings is 1. The number of anilines is 1. The Morgan fingerprint density at radius 1 is 1.65 bits per heavy atom. The van der Waals surface area contributed by atoms with Gasteiger partial charge in [-0.05, 0) is 0 Å². The van der Waals surface area contributed by atoms with Gasteiger partial charge in [-0.1, -0.05) is 0 Å². The molecule has 0 fully saturated rings. The average Bonchev–Trinajstić information content (AvgIpc) is 2.29. The summed E-state index contributed by atoms with van der Waals surface area (Å²) in [5.41, 5.74) is 11.0. The van der Waals surface area contributed by atoms with Crippen LogP contribution < -0.4 is 21.5 Å². The van der Waals surface area contributed by atoms with Crippen molar-refractivity contribution in [1.29, 1.82) is 0 Å². The largest absolute Gasteiger partial charge is 0.478 e. The lowest BCUT2D eigenvalue weighted by atomic mass is 10.1. The molecule has 0 aromatic carbocycles. The van der Waals surface area contributed by atoms with Gasteiger partial charge in [-0.15, -0.1) is 0 Å². The first-order chi connectivity index (χ1) is 8.08. The van der Waals surface area contributed by atoms with Gasteiger partial charge in [-0.2, -0.15) is 0 Å². The third-order valence-electron chi connectivity index (χ3n) is 2.43. The number of hydrogen-bond donors (Lipinski definition) is 3. The molecule has 2 amide bonds. The molecule has 0 radical (unpaired) electrons. The summed E-state index contributed by atoms with van der Waals surface area (Å²) in [5, 5.41) is 2.62. The summed E-state index contributed by atoms with van der Waals surface area (Å²) in [6, 6.07) is 0.714. The third kappa shape index (κ3) is 2.34. The zero-order valence-electron chi connectivity index (χ0n) is 8.92. The Morgan fingerprint density at radius 3 is 3.12 bits per heavy atom. The van der Waals surface area contributed by atoms with Crippen molar-refractivity contribution in [3.8, 4) is 5.75 Å². The molecule has 7 nitrogen and oxygen atoms in total. The Bertz CT molecular complexity index is 463. The Balaban J connectivity index is 2.12. The van der Waals surface area contributed by atoms with E-state index >= 15 is 0 Å². The molecule has 17 heavy (non-hydrogen) atoms. The highest BCUT2D eigenvalue weighted by atomic mass is 16.5. The number of ether oxygens (including phenoxy) is 1. The molecule has 0 bridgehead atoms. The van der Waals surface area contributed by atoms with Gasteiger partial charge in [0.1, 0.15) is 11.4 Å². The fraction of sp³-hybridized carbons (Fsp3) is 0.300. The van der Waals surface area contributed by atoms with Gasteiger partial charge in [0, 0.05) is 18.7 Å². The van der Waals surface area contributed by atoms with E-state index in [1.165, 1.54) is 6.20 Å². The van der Waals surface area contributed by atoms with E-state index in [9.17, 15) is 9.59 Å². The van der Waals surface area contributed by atoms with Gasteiger partial charge in [0.05, 0.1) is 12.2 Å². The number of aromatic nitrogens is 1. The monoisotopic (exact) mass is 236 g/mol. The smallest absolute Gasteiger partial charge is 0.265 e. The molecule has 7 heteroatoms. The van der Waals surface area contributed by atoms with Gasteiger partial charge in [-0.25, -0.2) is 0 Å². The predicted octanol–water partition coefficient (Wildman–Crippen LogP) is -1.02. The van der Waals surface area contributed by atoms with Crippen LogP contribution in [0.5, 0.6) is 5.75 Å². The molecule has 1 unspecified atom stereocenters. The minimum Gasteiger partial charge on any atom is -0.478 e. The lowest BCUT2D eigenvalue weighted by molar-refractivity contribution is -0.125. The maximum atomic E-state index is 11.6. The van der Waals surface area contributed by atoms with Crippen LogP contribution in [-0.2, 0) is 9.59 Å². The SMILES string of the molecule is NC(=O)C(N)C[C@H]1Oc2ccncc2NC1=O. The molecular formula is C10H12N4O3. The van der Waals surface area contributed by atoms with Gasteiger partial charge < -0.3 is 21.5 Å². The van der Waals surface area contributed by atoms with Gasteiger partial charge in [-0.3, -0.25) is 14.6 Å². The number of nitrogens with zero attached hydrogens (tertiary/aromatic N) is 1. The van der Waals surface area contributed by atoms with Crippen LogP contribution in [0.25, 0.3) is 0 Å². The maximum Gasteiger partial charge on any atom is 0.265 e. The summed E-state index contributed by atoms with van der Waals surface area (Å²) >= 11 is 0. The number of nitrogens with one attached hydrogen (secondary N) is 1. The second-order valence-electron chi connectivity index (χ2n) is 3.71. The number of nitrogens with two attached hydrogens (primary N) is 2. The predicted molar refractivity (Wildman–Crippen MR) is 59.1 cm³/mol. The lowest BCUT2D eigenvalue weighted by Gasteiger charge is -2.26. The number of carbonyl (C=O) groups excluding carboxylic acids is 2. The number of fused-ring (bicyclic) bond motifs is 1. The van der Waals surface area contributed by atoms with Crippen molar-refractivity contribution in [2.75, 3.05) is 5.32 Å². The minimum absolute atomic E-state index is 0.0446. The number of primary amides is 1. The molecule has 1 aromatic heterocycles. The number of hydrogen-bond acceptors (Lipinski definition) is 5. The Kier molecular flexibility index (Phi) is 2.92. The van der Waals surface area contributed by atoms with Crippen LogP contribution in [0, 0.1) is 0 Å². The molecule has 1 aromatic rings. The van der Waals surface area contributed by atoms with Gasteiger partial charge in [0.15, 0.2) is 6.10 Å². The maximum absolute atomic E-state index is 11.6. The van der Waals surface area contributed by atoms with Crippen molar-refractivity contribution in [3.05, 3.63) is 18.5 Å². The molecule has 90 valence electrons. The summed E-state index contributed by atoms with van der Waals surface area (Å²) in [6.07, 6.45) is 2.26. The molecule has 0 saturated carbocycles. The molecule has 5 N–H and O–H groups in total. The summed E-state index contributed by atoms with van der Waals surface area (Å²) in [4.78, 5) is 26.3. The average molecular weight is 236 g/mol. The summed E-state index contributed by atoms with van der Waals surface area (Å²) in [7, 11) is 0. The summed E-state index contributed by atoms with van der Waals surface area (Å²) in [6.45, 7) is 0. The Labute approximate surface area is 97.1 Å². The molecular weight excluding hydrogens is 224 g/mol. The molecule has 0 saturated heterocycles. The number of rotatable bonds is 3. The summed E-state index contributed by atoms with van der Waals surface area (Å²) < 4.78 is 5.43. The zero-order chi connectivity index (χ0) is 12.4. The van der Waals surface area contributed by atoms with Crippen molar-refractivity contribution in [1.82, 2.24) is 4.98 Å². The van der Waals surface area contributed by atoms with Crippen LogP contribution in [0.2, 0.25) is 0 Å². The fourth-order valence-electron chi connectivity index (χ4n) is 1.50. The first-order valence-corrected chi connectivity index (χ1v) is 5.04. The van der Waals surface area contributed by atoms with Crippen molar-refractivity contribution in [3.63, 3.8) is 0 Å². The summed E-state index contributed by atoms with van der Waals surface area (Å²) in [5.74, 6) is -0.523. The van der Waals surface area contributed by atoms with E-state index in [1.807, 2.05) is 0 Å². The topological polar surface area (TPSA) is 120 Å². The van der Waals surface area contributed by atoms with E-state index in [0.29, 0.717) is 11.4 Å². The number of carbonyl (C=O) groups is 2. The van der Waals surface area contributed by atoms with Crippen LogP contribution in [0.1, 0.15) is 6.42 Å². The normalized spacial score (nSPS) is 19.8.